The molecule has 1 aromatic rings. The summed E-state index contributed by atoms with van der Waals surface area (Å²) in [5, 5.41) is 5.68. The number of hydrogen-bond donors (Lipinski definition) is 2. The second-order valence-electron chi connectivity index (χ2n) is 9.38. The van der Waals surface area contributed by atoms with Crippen molar-refractivity contribution < 1.29 is 19.2 Å². The number of nitrogens with zero attached hydrogens (tertiary/aromatic N) is 1. The summed E-state index contributed by atoms with van der Waals surface area (Å²) in [5.74, 6) is -0.711. The second-order valence-corrected chi connectivity index (χ2v) is 9.38. The van der Waals surface area contributed by atoms with Crippen LogP contribution in [0.2, 0.25) is 0 Å². The molecule has 4 amide bonds. The maximum atomic E-state index is 13.0. The number of hydrogen-bond acceptors (Lipinski definition) is 4. The molecule has 0 unspecified atom stereocenters. The summed E-state index contributed by atoms with van der Waals surface area (Å²) in [6.45, 7) is 5.18. The van der Waals surface area contributed by atoms with Gasteiger partial charge in [0.25, 0.3) is 5.91 Å². The van der Waals surface area contributed by atoms with Crippen molar-refractivity contribution in [3.05, 3.63) is 29.8 Å². The van der Waals surface area contributed by atoms with Crippen LogP contribution in [0, 0.1) is 5.41 Å². The summed E-state index contributed by atoms with van der Waals surface area (Å²) in [7, 11) is 0. The van der Waals surface area contributed by atoms with Crippen LogP contribution < -0.4 is 10.6 Å². The summed E-state index contributed by atoms with van der Waals surface area (Å²) < 4.78 is 0. The van der Waals surface area contributed by atoms with Crippen LogP contribution in [-0.2, 0) is 9.59 Å². The van der Waals surface area contributed by atoms with Gasteiger partial charge in [-0.2, -0.15) is 0 Å². The first-order valence-corrected chi connectivity index (χ1v) is 10.7. The van der Waals surface area contributed by atoms with Crippen molar-refractivity contribution in [1.29, 1.82) is 0 Å². The number of benzene rings is 1. The Morgan fingerprint density at radius 2 is 1.57 bits per heavy atom. The van der Waals surface area contributed by atoms with Crippen molar-refractivity contribution >= 4 is 29.3 Å². The van der Waals surface area contributed by atoms with E-state index in [0.717, 1.165) is 37.0 Å². The first kappa shape index (κ1) is 22.0. The monoisotopic (exact) mass is 413 g/mol. The molecule has 1 aliphatic carbocycles. The average molecular weight is 414 g/mol. The molecule has 30 heavy (non-hydrogen) atoms. The van der Waals surface area contributed by atoms with Gasteiger partial charge in [-0.1, -0.05) is 52.9 Å². The molecule has 1 aliphatic heterocycles. The van der Waals surface area contributed by atoms with Gasteiger partial charge in [0.15, 0.2) is 5.78 Å². The lowest BCUT2D eigenvalue weighted by atomic mass is 9.84. The Morgan fingerprint density at radius 1 is 1.00 bits per heavy atom. The Kier molecular flexibility index (Phi) is 6.29. The van der Waals surface area contributed by atoms with Crippen LogP contribution >= 0.6 is 0 Å². The van der Waals surface area contributed by atoms with E-state index in [2.05, 4.69) is 10.6 Å². The van der Waals surface area contributed by atoms with Crippen molar-refractivity contribution in [2.24, 2.45) is 5.41 Å². The minimum atomic E-state index is -0.848. The van der Waals surface area contributed by atoms with Crippen molar-refractivity contribution in [3.8, 4) is 0 Å². The lowest BCUT2D eigenvalue weighted by Gasteiger charge is -2.28. The second kappa shape index (κ2) is 8.58. The Hall–Kier alpha value is -2.70. The minimum absolute atomic E-state index is 0.120. The van der Waals surface area contributed by atoms with E-state index in [0.29, 0.717) is 24.1 Å². The first-order valence-electron chi connectivity index (χ1n) is 10.7. The highest BCUT2D eigenvalue weighted by molar-refractivity contribution is 6.11. The van der Waals surface area contributed by atoms with Crippen LogP contribution in [0.3, 0.4) is 0 Å². The first-order chi connectivity index (χ1) is 14.1. The smallest absolute Gasteiger partial charge is 0.325 e. The highest BCUT2D eigenvalue weighted by Crippen LogP contribution is 2.32. The summed E-state index contributed by atoms with van der Waals surface area (Å²) in [6.07, 6.45) is 6.33. The van der Waals surface area contributed by atoms with Crippen LogP contribution in [0.15, 0.2) is 24.3 Å². The van der Waals surface area contributed by atoms with Crippen molar-refractivity contribution in [3.63, 3.8) is 0 Å². The van der Waals surface area contributed by atoms with Crippen LogP contribution in [0.5, 0.6) is 0 Å². The van der Waals surface area contributed by atoms with Gasteiger partial charge in [-0.3, -0.25) is 19.3 Å². The lowest BCUT2D eigenvalue weighted by Crippen LogP contribution is -2.47. The number of amides is 4. The van der Waals surface area contributed by atoms with Gasteiger partial charge in [-0.15, -0.1) is 0 Å². The molecule has 7 nitrogen and oxygen atoms in total. The van der Waals surface area contributed by atoms with E-state index in [4.69, 9.17) is 0 Å². The number of ketones is 1. The topological polar surface area (TPSA) is 95.6 Å². The minimum Gasteiger partial charge on any atom is -0.326 e. The maximum Gasteiger partial charge on any atom is 0.325 e. The molecule has 0 bridgehead atoms. The molecule has 7 heteroatoms. The Labute approximate surface area is 177 Å². The van der Waals surface area contributed by atoms with Crippen molar-refractivity contribution in [1.82, 2.24) is 10.2 Å². The highest BCUT2D eigenvalue weighted by Gasteiger charge is 2.50. The van der Waals surface area contributed by atoms with Crippen LogP contribution in [0.4, 0.5) is 10.5 Å². The quantitative estimate of drug-likeness (QED) is 0.578. The third-order valence-electron chi connectivity index (χ3n) is 5.90. The molecule has 1 saturated heterocycles. The van der Waals surface area contributed by atoms with E-state index >= 15 is 0 Å². The van der Waals surface area contributed by atoms with Crippen molar-refractivity contribution in [2.75, 3.05) is 11.9 Å². The number of rotatable bonds is 4. The number of carbonyl (C=O) groups is 4. The summed E-state index contributed by atoms with van der Waals surface area (Å²) in [5.41, 5.74) is -0.387. The Morgan fingerprint density at radius 3 is 2.13 bits per heavy atom. The Balaban J connectivity index is 1.66. The molecule has 1 heterocycles. The number of nitrogens with one attached hydrogen (secondary N) is 2. The van der Waals surface area contributed by atoms with E-state index in [-0.39, 0.29) is 24.1 Å². The van der Waals surface area contributed by atoms with Gasteiger partial charge in [0.1, 0.15) is 5.54 Å². The summed E-state index contributed by atoms with van der Waals surface area (Å²) >= 11 is 0. The Bertz CT molecular complexity index is 831. The van der Waals surface area contributed by atoms with Crippen molar-refractivity contribution in [2.45, 2.75) is 71.3 Å². The van der Waals surface area contributed by atoms with Gasteiger partial charge in [-0.05, 0) is 37.1 Å². The molecule has 0 aromatic heterocycles. The largest absolute Gasteiger partial charge is 0.326 e. The molecule has 2 aliphatic rings. The zero-order chi connectivity index (χ0) is 21.9. The molecule has 1 spiro atoms. The predicted octanol–water partition coefficient (Wildman–Crippen LogP) is 3.89. The van der Waals surface area contributed by atoms with Gasteiger partial charge in [0.2, 0.25) is 5.91 Å². The standard InChI is InChI=1S/C23H31N3O4/c1-22(2,3)19(28)24-17-11-9-16(10-12-17)18(27)15-26-20(29)23(25-21(26)30)13-7-5-4-6-8-14-23/h9-12H,4-8,13-15H2,1-3H3,(H,24,28)(H,25,30). The fourth-order valence-electron chi connectivity index (χ4n) is 3.96. The average Bonchev–Trinajstić information content (AvgIpc) is 2.89. The molecule has 0 atom stereocenters. The van der Waals surface area contributed by atoms with E-state index < -0.39 is 17.0 Å². The molecular formula is C23H31N3O4. The molecule has 3 rings (SSSR count). The number of imide groups is 1. The van der Waals surface area contributed by atoms with E-state index in [9.17, 15) is 19.2 Å². The lowest BCUT2D eigenvalue weighted by molar-refractivity contribution is -0.131. The predicted molar refractivity (Wildman–Crippen MR) is 114 cm³/mol. The fraction of sp³-hybridized carbons (Fsp3) is 0.565. The molecule has 0 radical (unpaired) electrons. The highest BCUT2D eigenvalue weighted by atomic mass is 16.2. The summed E-state index contributed by atoms with van der Waals surface area (Å²) in [6, 6.07) is 6.02. The van der Waals surface area contributed by atoms with Gasteiger partial charge in [0.05, 0.1) is 6.54 Å². The number of anilines is 1. The molecule has 162 valence electrons. The zero-order valence-electron chi connectivity index (χ0n) is 18.0. The number of Topliss-reactive ketones (excluding diaryl/α,β-unsaturated/α-hetero) is 1. The van der Waals surface area contributed by atoms with Crippen LogP contribution in [0.25, 0.3) is 0 Å². The van der Waals surface area contributed by atoms with E-state index in [1.165, 1.54) is 0 Å². The zero-order valence-corrected chi connectivity index (χ0v) is 18.0. The molecule has 2 fully saturated rings. The van der Waals surface area contributed by atoms with E-state index in [1.54, 1.807) is 24.3 Å². The molecule has 1 saturated carbocycles. The molecule has 1 aromatic carbocycles. The van der Waals surface area contributed by atoms with Gasteiger partial charge in [0, 0.05) is 16.7 Å². The number of urea groups is 1. The van der Waals surface area contributed by atoms with Gasteiger partial charge < -0.3 is 10.6 Å². The van der Waals surface area contributed by atoms with Crippen LogP contribution in [0.1, 0.15) is 76.1 Å². The normalized spacial score (nSPS) is 19.2. The van der Waals surface area contributed by atoms with Crippen LogP contribution in [-0.4, -0.2) is 40.6 Å². The SMILES string of the molecule is CC(C)(C)C(=O)Nc1ccc(C(=O)CN2C(=O)NC3(CCCCCCC3)C2=O)cc1. The number of carbonyl (C=O) groups excluding carboxylic acids is 4. The molecule has 2 N–H and O–H groups in total. The molecular weight excluding hydrogens is 382 g/mol. The third kappa shape index (κ3) is 4.71. The summed E-state index contributed by atoms with van der Waals surface area (Å²) in [4.78, 5) is 51.4. The third-order valence-corrected chi connectivity index (χ3v) is 5.90. The maximum absolute atomic E-state index is 13.0. The van der Waals surface area contributed by atoms with E-state index in [1.807, 2.05) is 20.8 Å². The van der Waals surface area contributed by atoms with Gasteiger partial charge >= 0.3 is 6.03 Å². The fourth-order valence-corrected chi connectivity index (χ4v) is 3.96. The van der Waals surface area contributed by atoms with Gasteiger partial charge in [-0.25, -0.2) is 4.79 Å².